The van der Waals surface area contributed by atoms with Crippen molar-refractivity contribution < 1.29 is 27.2 Å². The van der Waals surface area contributed by atoms with Gasteiger partial charge in [0, 0.05) is 18.0 Å². The molecular formula is C15H16F3N3O3S. The molecule has 0 aromatic carbocycles. The van der Waals surface area contributed by atoms with E-state index in [1.807, 2.05) is 0 Å². The summed E-state index contributed by atoms with van der Waals surface area (Å²) in [6.45, 7) is 2.07. The molecule has 1 atom stereocenters. The number of carbonyl (C=O) groups excluding carboxylic acids is 1. The number of rotatable bonds is 6. The van der Waals surface area contributed by atoms with Crippen LogP contribution in [0.2, 0.25) is 0 Å². The van der Waals surface area contributed by atoms with Gasteiger partial charge in [0.05, 0.1) is 11.4 Å². The first kappa shape index (κ1) is 17.9. The number of carbonyl (C=O) groups is 1. The lowest BCUT2D eigenvalue weighted by atomic mass is 10.3. The van der Waals surface area contributed by atoms with Gasteiger partial charge in [0.25, 0.3) is 5.91 Å². The summed E-state index contributed by atoms with van der Waals surface area (Å²) in [6.07, 6.45) is -3.32. The van der Waals surface area contributed by atoms with E-state index in [9.17, 15) is 18.0 Å². The van der Waals surface area contributed by atoms with Gasteiger partial charge in [0.1, 0.15) is 6.10 Å². The Morgan fingerprint density at radius 3 is 2.76 bits per heavy atom. The summed E-state index contributed by atoms with van der Waals surface area (Å²) in [6, 6.07) is 3.57. The zero-order valence-electron chi connectivity index (χ0n) is 13.5. The Morgan fingerprint density at radius 1 is 1.48 bits per heavy atom. The van der Waals surface area contributed by atoms with Gasteiger partial charge < -0.3 is 14.2 Å². The quantitative estimate of drug-likeness (QED) is 0.775. The van der Waals surface area contributed by atoms with Crippen LogP contribution in [0.1, 0.15) is 30.5 Å². The Morgan fingerprint density at radius 2 is 2.20 bits per heavy atom. The van der Waals surface area contributed by atoms with Gasteiger partial charge in [-0.05, 0) is 31.9 Å². The smallest absolute Gasteiger partial charge is 0.372 e. The second-order valence-corrected chi connectivity index (χ2v) is 6.93. The number of hydrogen-bond acceptors (Lipinski definition) is 6. The number of hydrogen-bond donors (Lipinski definition) is 0. The topological polar surface area (TPSA) is 68.5 Å². The lowest BCUT2D eigenvalue weighted by Crippen LogP contribution is -2.39. The molecule has 0 saturated heterocycles. The molecule has 0 N–H and O–H groups in total. The molecular weight excluding hydrogens is 359 g/mol. The van der Waals surface area contributed by atoms with Crippen LogP contribution in [0.4, 0.5) is 13.2 Å². The highest BCUT2D eigenvalue weighted by atomic mass is 32.1. The number of amides is 1. The van der Waals surface area contributed by atoms with E-state index in [2.05, 4.69) is 14.7 Å². The third-order valence-corrected chi connectivity index (χ3v) is 4.91. The first-order chi connectivity index (χ1) is 11.8. The normalized spacial score (nSPS) is 16.0. The van der Waals surface area contributed by atoms with E-state index in [1.165, 1.54) is 18.4 Å². The summed E-state index contributed by atoms with van der Waals surface area (Å²) in [4.78, 5) is 18.8. The number of thiophene rings is 1. The molecule has 1 unspecified atom stereocenters. The molecule has 25 heavy (non-hydrogen) atoms. The number of ether oxygens (including phenoxy) is 1. The number of nitrogens with zero attached hydrogens (tertiary/aromatic N) is 3. The maximum absolute atomic E-state index is 12.5. The zero-order chi connectivity index (χ0) is 18.2. The summed E-state index contributed by atoms with van der Waals surface area (Å²) in [7, 11) is 1.48. The average molecular weight is 375 g/mol. The maximum atomic E-state index is 12.5. The number of halogens is 3. The summed E-state index contributed by atoms with van der Waals surface area (Å²) in [5.41, 5.74) is 0. The molecule has 1 amide bonds. The molecule has 2 heterocycles. The van der Waals surface area contributed by atoms with Crippen LogP contribution in [0, 0.1) is 0 Å². The molecule has 0 aliphatic heterocycles. The summed E-state index contributed by atoms with van der Waals surface area (Å²) in [5.74, 6) is -1.59. The summed E-state index contributed by atoms with van der Waals surface area (Å²) < 4.78 is 47.0. The van der Waals surface area contributed by atoms with E-state index in [-0.39, 0.29) is 17.8 Å². The predicted octanol–water partition coefficient (Wildman–Crippen LogP) is 3.34. The minimum absolute atomic E-state index is 0.0983. The van der Waals surface area contributed by atoms with Gasteiger partial charge in [-0.1, -0.05) is 5.16 Å². The van der Waals surface area contributed by atoms with Crippen LogP contribution in [0.3, 0.4) is 0 Å². The van der Waals surface area contributed by atoms with Crippen molar-refractivity contribution in [3.8, 4) is 10.7 Å². The van der Waals surface area contributed by atoms with Crippen LogP contribution >= 0.6 is 11.3 Å². The first-order valence-electron chi connectivity index (χ1n) is 7.63. The molecule has 1 aliphatic rings. The van der Waals surface area contributed by atoms with Crippen LogP contribution in [-0.2, 0) is 22.3 Å². The van der Waals surface area contributed by atoms with Crippen molar-refractivity contribution in [2.75, 3.05) is 7.11 Å². The number of alkyl halides is 3. The van der Waals surface area contributed by atoms with E-state index in [1.54, 1.807) is 24.0 Å². The molecule has 3 rings (SSSR count). The second kappa shape index (κ2) is 6.75. The molecule has 0 spiro atoms. The molecule has 1 aliphatic carbocycles. The van der Waals surface area contributed by atoms with Crippen molar-refractivity contribution in [3.63, 3.8) is 0 Å². The lowest BCUT2D eigenvalue weighted by Gasteiger charge is -2.24. The van der Waals surface area contributed by atoms with E-state index < -0.39 is 18.2 Å². The predicted molar refractivity (Wildman–Crippen MR) is 82.7 cm³/mol. The lowest BCUT2D eigenvalue weighted by molar-refractivity contribution is -0.159. The minimum atomic E-state index is -4.67. The molecule has 2 aromatic heterocycles. The van der Waals surface area contributed by atoms with E-state index in [4.69, 9.17) is 4.74 Å². The molecule has 0 bridgehead atoms. The highest BCUT2D eigenvalue weighted by molar-refractivity contribution is 7.15. The molecule has 1 saturated carbocycles. The third-order valence-electron chi connectivity index (χ3n) is 3.85. The van der Waals surface area contributed by atoms with Crippen LogP contribution in [0.15, 0.2) is 16.7 Å². The minimum Gasteiger partial charge on any atom is -0.372 e. The Balaban J connectivity index is 1.74. The number of aromatic nitrogens is 2. The average Bonchev–Trinajstić information content (AvgIpc) is 3.09. The Hall–Kier alpha value is -1.94. The Labute approximate surface area is 145 Å². The van der Waals surface area contributed by atoms with Crippen LogP contribution in [-0.4, -0.2) is 40.2 Å². The highest BCUT2D eigenvalue weighted by Gasteiger charge is 2.39. The molecule has 6 nitrogen and oxygen atoms in total. The molecule has 136 valence electrons. The molecule has 10 heteroatoms. The van der Waals surface area contributed by atoms with Gasteiger partial charge in [-0.3, -0.25) is 4.79 Å². The Kier molecular flexibility index (Phi) is 4.83. The van der Waals surface area contributed by atoms with Gasteiger partial charge in [0.15, 0.2) is 0 Å². The SMILES string of the molecule is COC(C)C(=O)N(Cc1ccc(-c2noc(C(F)(F)F)n2)s1)C1CC1. The molecule has 1 fully saturated rings. The van der Waals surface area contributed by atoms with Crippen LogP contribution in [0.25, 0.3) is 10.7 Å². The highest BCUT2D eigenvalue weighted by Crippen LogP contribution is 2.34. The van der Waals surface area contributed by atoms with Crippen molar-refractivity contribution in [3.05, 3.63) is 22.9 Å². The van der Waals surface area contributed by atoms with E-state index in [0.717, 1.165) is 17.7 Å². The monoisotopic (exact) mass is 375 g/mol. The van der Waals surface area contributed by atoms with Crippen molar-refractivity contribution in [1.82, 2.24) is 15.0 Å². The van der Waals surface area contributed by atoms with Gasteiger partial charge in [-0.15, -0.1) is 11.3 Å². The second-order valence-electron chi connectivity index (χ2n) is 5.76. The van der Waals surface area contributed by atoms with Crippen molar-refractivity contribution in [2.24, 2.45) is 0 Å². The fourth-order valence-electron chi connectivity index (χ4n) is 2.30. The Bertz CT molecular complexity index is 755. The molecule has 2 aromatic rings. The molecule has 0 radical (unpaired) electrons. The zero-order valence-corrected chi connectivity index (χ0v) is 14.4. The van der Waals surface area contributed by atoms with Gasteiger partial charge in [-0.2, -0.15) is 18.2 Å². The van der Waals surface area contributed by atoms with Crippen LogP contribution < -0.4 is 0 Å². The van der Waals surface area contributed by atoms with Crippen LogP contribution in [0.5, 0.6) is 0 Å². The van der Waals surface area contributed by atoms with Gasteiger partial charge >= 0.3 is 12.1 Å². The van der Waals surface area contributed by atoms with Crippen molar-refractivity contribution >= 4 is 17.2 Å². The maximum Gasteiger partial charge on any atom is 0.471 e. The van der Waals surface area contributed by atoms with Gasteiger partial charge in [-0.25, -0.2) is 0 Å². The fourth-order valence-corrected chi connectivity index (χ4v) is 3.23. The standard InChI is InChI=1S/C15H16F3N3O3S/c1-8(23-2)13(22)21(9-3-4-9)7-10-5-6-11(25-10)12-19-14(24-20-12)15(16,17)18/h5-6,8-9H,3-4,7H2,1-2H3. The third kappa shape index (κ3) is 4.01. The van der Waals surface area contributed by atoms with Crippen molar-refractivity contribution in [1.29, 1.82) is 0 Å². The summed E-state index contributed by atoms with van der Waals surface area (Å²) in [5, 5.41) is 3.37. The van der Waals surface area contributed by atoms with Crippen molar-refractivity contribution in [2.45, 2.75) is 44.6 Å². The van der Waals surface area contributed by atoms with E-state index in [0.29, 0.717) is 11.4 Å². The fraction of sp³-hybridized carbons (Fsp3) is 0.533. The number of methoxy groups -OCH3 is 1. The van der Waals surface area contributed by atoms with E-state index >= 15 is 0 Å². The largest absolute Gasteiger partial charge is 0.471 e. The van der Waals surface area contributed by atoms with Gasteiger partial charge in [0.2, 0.25) is 5.82 Å². The summed E-state index contributed by atoms with van der Waals surface area (Å²) >= 11 is 1.23. The first-order valence-corrected chi connectivity index (χ1v) is 8.44.